The number of carboxylic acid groups (broad SMARTS) is 1. The van der Waals surface area contributed by atoms with E-state index in [1.807, 2.05) is 0 Å². The van der Waals surface area contributed by atoms with Gasteiger partial charge in [0.2, 0.25) is 0 Å². The molecule has 0 fully saturated rings. The first kappa shape index (κ1) is 16.8. The van der Waals surface area contributed by atoms with Crippen LogP contribution >= 0.6 is 0 Å². The third-order valence-corrected chi connectivity index (χ3v) is 10.3. The molecule has 14 heavy (non-hydrogen) atoms. The average molecular weight is 396 g/mol. The minimum Gasteiger partial charge on any atom is -0.554 e. The maximum atomic E-state index is 8.25. The molecule has 0 saturated heterocycles. The van der Waals surface area contributed by atoms with Gasteiger partial charge < -0.3 is 9.90 Å². The van der Waals surface area contributed by atoms with Crippen LogP contribution in [0.25, 0.3) is 0 Å². The van der Waals surface area contributed by atoms with E-state index in [1.54, 1.807) is 0 Å². The summed E-state index contributed by atoms with van der Waals surface area (Å²) in [4.78, 5) is 8.25. The van der Waals surface area contributed by atoms with Crippen molar-refractivity contribution in [2.24, 2.45) is 10.8 Å². The van der Waals surface area contributed by atoms with Crippen LogP contribution in [0.1, 0.15) is 41.5 Å². The Morgan fingerprint density at radius 2 is 1.21 bits per heavy atom. The topological polar surface area (TPSA) is 40.1 Å². The van der Waals surface area contributed by atoms with Crippen molar-refractivity contribution in [2.45, 2.75) is 49.8 Å². The predicted octanol–water partition coefficient (Wildman–Crippen LogP) is 1.99. The summed E-state index contributed by atoms with van der Waals surface area (Å²) in [6.45, 7) is 13.7. The Bertz CT molecular complexity index is 128. The van der Waals surface area contributed by atoms with E-state index in [9.17, 15) is 0 Å². The molecule has 0 heterocycles. The summed E-state index contributed by atoms with van der Waals surface area (Å²) in [7, 11) is 0. The second kappa shape index (κ2) is 7.62. The molecule has 0 amide bonds. The zero-order chi connectivity index (χ0) is 11.8. The molecule has 0 aliphatic heterocycles. The summed E-state index contributed by atoms with van der Waals surface area (Å²) >= 11 is -0.147. The molecule has 2 nitrogen and oxygen atoms in total. The Morgan fingerprint density at radius 3 is 1.36 bits per heavy atom. The van der Waals surface area contributed by atoms with Gasteiger partial charge in [-0.3, -0.25) is 0 Å². The molecule has 0 aliphatic rings. The molecule has 0 rings (SSSR count). The van der Waals surface area contributed by atoms with E-state index < -0.39 is 6.47 Å². The van der Waals surface area contributed by atoms with Gasteiger partial charge in [-0.2, -0.15) is 0 Å². The molecule has 2 radical (unpaired) electrons. The van der Waals surface area contributed by atoms with E-state index in [-0.39, 0.29) is 23.2 Å². The van der Waals surface area contributed by atoms with Crippen LogP contribution in [0.4, 0.5) is 0 Å². The Balaban J connectivity index is 0. The maximum Gasteiger partial charge on any atom is 0.0275 e. The molecule has 0 bridgehead atoms. The van der Waals surface area contributed by atoms with E-state index >= 15 is 0 Å². The molecule has 0 saturated carbocycles. The normalized spacial score (nSPS) is 11.6. The molecule has 0 aromatic heterocycles. The monoisotopic (exact) mass is 396 g/mol. The van der Waals surface area contributed by atoms with Gasteiger partial charge in [0.05, 0.1) is 0 Å². The molecule has 0 atom stereocenters. The fourth-order valence-electron chi connectivity index (χ4n) is 0.727. The second-order valence-corrected chi connectivity index (χ2v) is 9.95. The van der Waals surface area contributed by atoms with Gasteiger partial charge in [-0.25, -0.2) is 0 Å². The zero-order valence-electron chi connectivity index (χ0n) is 10.3. The van der Waals surface area contributed by atoms with Gasteiger partial charge in [0.1, 0.15) is 0 Å². The molecule has 0 spiro atoms. The standard InChI is InChI=1S/2C5H11.CH2O2.Bi/c2*1-5(2,3)4;2-1-3;/h2*1H2,2-4H3;1H,(H,2,3);/q;;;+1/p-1. The van der Waals surface area contributed by atoms with Crippen molar-refractivity contribution < 1.29 is 9.90 Å². The number of rotatable bonds is 2. The third-order valence-electron chi connectivity index (χ3n) is 1.17. The zero-order valence-corrected chi connectivity index (χ0v) is 13.7. The number of carbonyl (C=O) groups excluding carboxylic acids is 1. The van der Waals surface area contributed by atoms with Gasteiger partial charge in [-0.05, 0) is 0 Å². The smallest absolute Gasteiger partial charge is 0.0275 e. The number of carbonyl (C=O) groups is 1. The minimum absolute atomic E-state index is 0.147. The SMILES string of the molecule is CC(C)(C)[CH2][Bi+][CH2]C(C)(C)C.O=C[O-]. The van der Waals surface area contributed by atoms with Crippen LogP contribution in [0, 0.1) is 10.8 Å². The average Bonchev–Trinajstić information content (AvgIpc) is 1.81. The van der Waals surface area contributed by atoms with Crippen LogP contribution in [0.3, 0.4) is 0 Å². The van der Waals surface area contributed by atoms with Crippen molar-refractivity contribution in [3.8, 4) is 0 Å². The van der Waals surface area contributed by atoms with Crippen molar-refractivity contribution in [1.82, 2.24) is 0 Å². The van der Waals surface area contributed by atoms with Gasteiger partial charge in [0, 0.05) is 6.47 Å². The van der Waals surface area contributed by atoms with Crippen molar-refractivity contribution >= 4 is 29.7 Å². The maximum absolute atomic E-state index is 8.25. The van der Waals surface area contributed by atoms with Gasteiger partial charge in [0.25, 0.3) is 0 Å². The molecular formula is C11H23BiO2. The Hall–Kier alpha value is 0.353. The summed E-state index contributed by atoms with van der Waals surface area (Å²) in [6, 6.07) is 0. The first-order valence-electron chi connectivity index (χ1n) is 4.81. The van der Waals surface area contributed by atoms with Gasteiger partial charge >= 0.3 is 83.9 Å². The first-order chi connectivity index (χ1) is 6.12. The molecule has 3 heteroatoms. The van der Waals surface area contributed by atoms with Crippen molar-refractivity contribution in [2.75, 3.05) is 0 Å². The molecule has 0 unspecified atom stereocenters. The molecule has 0 aliphatic carbocycles. The summed E-state index contributed by atoms with van der Waals surface area (Å²) < 4.78 is 3.06. The van der Waals surface area contributed by atoms with Crippen LogP contribution in [0.5, 0.6) is 0 Å². The van der Waals surface area contributed by atoms with Gasteiger partial charge in [-0.15, -0.1) is 0 Å². The Morgan fingerprint density at radius 1 is 1.00 bits per heavy atom. The third kappa shape index (κ3) is 22.8. The van der Waals surface area contributed by atoms with E-state index in [0.717, 1.165) is 0 Å². The summed E-state index contributed by atoms with van der Waals surface area (Å²) in [5.74, 6) is 0. The minimum atomic E-state index is -0.500. The van der Waals surface area contributed by atoms with Crippen LogP contribution in [-0.4, -0.2) is 29.7 Å². The van der Waals surface area contributed by atoms with Crippen LogP contribution in [0.15, 0.2) is 0 Å². The molecule has 0 N–H and O–H groups in total. The van der Waals surface area contributed by atoms with Crippen molar-refractivity contribution in [1.29, 1.82) is 0 Å². The molecular weight excluding hydrogens is 373 g/mol. The number of hydrogen-bond donors (Lipinski definition) is 0. The van der Waals surface area contributed by atoms with Crippen LogP contribution in [0.2, 0.25) is 8.26 Å². The van der Waals surface area contributed by atoms with E-state index in [2.05, 4.69) is 41.5 Å². The summed E-state index contributed by atoms with van der Waals surface area (Å²) in [6.07, 6.45) is 0. The second-order valence-electron chi connectivity index (χ2n) is 5.76. The van der Waals surface area contributed by atoms with Crippen LogP contribution in [-0.2, 0) is 4.79 Å². The molecule has 0 aromatic rings. The Labute approximate surface area is 100 Å². The fraction of sp³-hybridized carbons (Fsp3) is 0.909. The van der Waals surface area contributed by atoms with E-state index in [4.69, 9.17) is 9.90 Å². The van der Waals surface area contributed by atoms with Crippen molar-refractivity contribution in [3.63, 3.8) is 0 Å². The summed E-state index contributed by atoms with van der Waals surface area (Å²) in [5, 5.41) is 8.25. The fourth-order valence-corrected chi connectivity index (χ4v) is 6.38. The number of hydrogen-bond acceptors (Lipinski definition) is 2. The predicted molar refractivity (Wildman–Crippen MR) is 60.3 cm³/mol. The van der Waals surface area contributed by atoms with Gasteiger partial charge in [0.15, 0.2) is 0 Å². The van der Waals surface area contributed by atoms with E-state index in [1.165, 1.54) is 8.26 Å². The van der Waals surface area contributed by atoms with Gasteiger partial charge in [-0.1, -0.05) is 0 Å². The van der Waals surface area contributed by atoms with Crippen LogP contribution < -0.4 is 5.11 Å². The molecule has 0 aromatic carbocycles. The summed E-state index contributed by atoms with van der Waals surface area (Å²) in [5.41, 5.74) is 1.20. The first-order valence-corrected chi connectivity index (χ1v) is 9.73. The van der Waals surface area contributed by atoms with E-state index in [0.29, 0.717) is 10.8 Å². The van der Waals surface area contributed by atoms with Crippen molar-refractivity contribution in [3.05, 3.63) is 0 Å². The molecule has 84 valence electrons. The largest absolute Gasteiger partial charge is 0.554 e. The Kier molecular flexibility index (Phi) is 9.13. The quantitative estimate of drug-likeness (QED) is 0.529.